The first-order valence-electron chi connectivity index (χ1n) is 5.77. The number of primary amides is 1. The molecule has 2 N–H and O–H groups in total. The van der Waals surface area contributed by atoms with Crippen molar-refractivity contribution in [2.24, 2.45) is 5.73 Å². The molecule has 104 valence electrons. The van der Waals surface area contributed by atoms with Crippen molar-refractivity contribution in [1.82, 2.24) is 4.90 Å². The minimum Gasteiger partial charge on any atom is -0.481 e. The SMILES string of the molecule is Cc1cc(Cl)ccc1O[C@@H](C)C(=O)N(C)CC(N)=O. The molecule has 0 aliphatic rings. The highest BCUT2D eigenvalue weighted by molar-refractivity contribution is 6.30. The van der Waals surface area contributed by atoms with E-state index in [1.807, 2.05) is 6.92 Å². The normalized spacial score (nSPS) is 11.8. The van der Waals surface area contributed by atoms with Crippen LogP contribution in [0.2, 0.25) is 5.02 Å². The van der Waals surface area contributed by atoms with Crippen LogP contribution in [0.1, 0.15) is 12.5 Å². The van der Waals surface area contributed by atoms with E-state index in [9.17, 15) is 9.59 Å². The van der Waals surface area contributed by atoms with Crippen LogP contribution < -0.4 is 10.5 Å². The van der Waals surface area contributed by atoms with Crippen LogP contribution in [0.25, 0.3) is 0 Å². The highest BCUT2D eigenvalue weighted by Gasteiger charge is 2.20. The van der Waals surface area contributed by atoms with E-state index < -0.39 is 12.0 Å². The number of hydrogen-bond donors (Lipinski definition) is 1. The van der Waals surface area contributed by atoms with Crippen molar-refractivity contribution in [3.8, 4) is 5.75 Å². The summed E-state index contributed by atoms with van der Waals surface area (Å²) in [5.74, 6) is -0.295. The van der Waals surface area contributed by atoms with Gasteiger partial charge in [-0.1, -0.05) is 11.6 Å². The van der Waals surface area contributed by atoms with Crippen LogP contribution >= 0.6 is 11.6 Å². The second kappa shape index (κ2) is 6.43. The van der Waals surface area contributed by atoms with Crippen molar-refractivity contribution >= 4 is 23.4 Å². The number of carbonyl (C=O) groups is 2. The van der Waals surface area contributed by atoms with Gasteiger partial charge in [0.2, 0.25) is 5.91 Å². The Bertz CT molecular complexity index is 491. The molecule has 0 fully saturated rings. The second-order valence-corrected chi connectivity index (χ2v) is 4.77. The largest absolute Gasteiger partial charge is 0.481 e. The van der Waals surface area contributed by atoms with Gasteiger partial charge in [-0.2, -0.15) is 0 Å². The van der Waals surface area contributed by atoms with Gasteiger partial charge in [0, 0.05) is 12.1 Å². The van der Waals surface area contributed by atoms with E-state index in [1.165, 1.54) is 11.9 Å². The van der Waals surface area contributed by atoms with Crippen molar-refractivity contribution in [1.29, 1.82) is 0 Å². The quantitative estimate of drug-likeness (QED) is 0.887. The molecule has 0 aromatic heterocycles. The summed E-state index contributed by atoms with van der Waals surface area (Å²) in [5, 5.41) is 0.606. The number of nitrogens with two attached hydrogens (primary N) is 1. The predicted molar refractivity (Wildman–Crippen MR) is 73.1 cm³/mol. The van der Waals surface area contributed by atoms with Gasteiger partial charge < -0.3 is 15.4 Å². The summed E-state index contributed by atoms with van der Waals surface area (Å²) < 4.78 is 5.56. The number of carbonyl (C=O) groups excluding carboxylic acids is 2. The molecule has 0 aliphatic heterocycles. The highest BCUT2D eigenvalue weighted by atomic mass is 35.5. The lowest BCUT2D eigenvalue weighted by Crippen LogP contribution is -2.42. The number of rotatable bonds is 5. The lowest BCUT2D eigenvalue weighted by molar-refractivity contribution is -0.139. The Morgan fingerprint density at radius 3 is 2.63 bits per heavy atom. The Kier molecular flexibility index (Phi) is 5.18. The zero-order valence-electron chi connectivity index (χ0n) is 11.1. The molecule has 0 radical (unpaired) electrons. The number of aryl methyl sites for hydroxylation is 1. The summed E-state index contributed by atoms with van der Waals surface area (Å²) in [5.41, 5.74) is 5.87. The molecule has 0 spiro atoms. The highest BCUT2D eigenvalue weighted by Crippen LogP contribution is 2.23. The molecule has 1 atom stereocenters. The molecule has 1 rings (SSSR count). The molecule has 1 aromatic carbocycles. The molecule has 0 aliphatic carbocycles. The second-order valence-electron chi connectivity index (χ2n) is 4.33. The van der Waals surface area contributed by atoms with E-state index in [1.54, 1.807) is 25.1 Å². The van der Waals surface area contributed by atoms with Gasteiger partial charge in [-0.05, 0) is 37.6 Å². The zero-order chi connectivity index (χ0) is 14.6. The summed E-state index contributed by atoms with van der Waals surface area (Å²) in [4.78, 5) is 23.9. The van der Waals surface area contributed by atoms with Gasteiger partial charge in [0.05, 0.1) is 6.54 Å². The molecule has 19 heavy (non-hydrogen) atoms. The summed E-state index contributed by atoms with van der Waals surface area (Å²) in [6.07, 6.45) is -0.704. The number of nitrogens with zero attached hydrogens (tertiary/aromatic N) is 1. The van der Waals surface area contributed by atoms with Crippen molar-refractivity contribution in [2.75, 3.05) is 13.6 Å². The Morgan fingerprint density at radius 2 is 2.11 bits per heavy atom. The molecular formula is C13H17ClN2O3. The van der Waals surface area contributed by atoms with E-state index in [0.29, 0.717) is 10.8 Å². The molecule has 0 saturated carbocycles. The summed E-state index contributed by atoms with van der Waals surface area (Å²) in [6, 6.07) is 5.14. The summed E-state index contributed by atoms with van der Waals surface area (Å²) in [7, 11) is 1.50. The van der Waals surface area contributed by atoms with Crippen molar-refractivity contribution in [3.63, 3.8) is 0 Å². The Hall–Kier alpha value is -1.75. The summed E-state index contributed by atoms with van der Waals surface area (Å²) in [6.45, 7) is 3.32. The standard InChI is InChI=1S/C13H17ClN2O3/c1-8-6-10(14)4-5-11(8)19-9(2)13(18)16(3)7-12(15)17/h4-6,9H,7H2,1-3H3,(H2,15,17)/t9-/m0/s1. The first-order chi connectivity index (χ1) is 8.81. The number of likely N-dealkylation sites (N-methyl/N-ethyl adjacent to an activating group) is 1. The fourth-order valence-corrected chi connectivity index (χ4v) is 1.83. The molecule has 0 heterocycles. The maximum absolute atomic E-state index is 11.9. The Labute approximate surface area is 117 Å². The lowest BCUT2D eigenvalue weighted by Gasteiger charge is -2.21. The first kappa shape index (κ1) is 15.3. The lowest BCUT2D eigenvalue weighted by atomic mass is 10.2. The number of ether oxygens (including phenoxy) is 1. The Balaban J connectivity index is 2.70. The van der Waals surface area contributed by atoms with Gasteiger partial charge in [0.25, 0.3) is 5.91 Å². The molecule has 0 saturated heterocycles. The van der Waals surface area contributed by atoms with Crippen LogP contribution in [-0.2, 0) is 9.59 Å². The fourth-order valence-electron chi connectivity index (χ4n) is 1.61. The van der Waals surface area contributed by atoms with Gasteiger partial charge in [-0.15, -0.1) is 0 Å². The predicted octanol–water partition coefficient (Wildman–Crippen LogP) is 1.36. The van der Waals surface area contributed by atoms with Crippen LogP contribution in [0.3, 0.4) is 0 Å². The Morgan fingerprint density at radius 1 is 1.47 bits per heavy atom. The van der Waals surface area contributed by atoms with E-state index in [-0.39, 0.29) is 12.5 Å². The van der Waals surface area contributed by atoms with E-state index in [4.69, 9.17) is 22.1 Å². The van der Waals surface area contributed by atoms with Crippen LogP contribution in [-0.4, -0.2) is 36.4 Å². The minimum atomic E-state index is -0.704. The average molecular weight is 285 g/mol. The van der Waals surface area contributed by atoms with Crippen molar-refractivity contribution in [2.45, 2.75) is 20.0 Å². The van der Waals surface area contributed by atoms with Crippen LogP contribution in [0.5, 0.6) is 5.75 Å². The van der Waals surface area contributed by atoms with Crippen molar-refractivity contribution in [3.05, 3.63) is 28.8 Å². The van der Waals surface area contributed by atoms with Gasteiger partial charge in [-0.3, -0.25) is 9.59 Å². The number of hydrogen-bond acceptors (Lipinski definition) is 3. The number of halogens is 1. The minimum absolute atomic E-state index is 0.133. The molecule has 5 nitrogen and oxygen atoms in total. The molecule has 0 unspecified atom stereocenters. The molecular weight excluding hydrogens is 268 g/mol. The molecule has 2 amide bonds. The van der Waals surface area contributed by atoms with Gasteiger partial charge in [-0.25, -0.2) is 0 Å². The monoisotopic (exact) mass is 284 g/mol. The smallest absolute Gasteiger partial charge is 0.263 e. The third-order valence-corrected chi connectivity index (χ3v) is 2.79. The van der Waals surface area contributed by atoms with Crippen LogP contribution in [0.4, 0.5) is 0 Å². The summed E-state index contributed by atoms with van der Waals surface area (Å²) >= 11 is 5.84. The molecule has 1 aromatic rings. The van der Waals surface area contributed by atoms with E-state index >= 15 is 0 Å². The van der Waals surface area contributed by atoms with Gasteiger partial charge in [0.1, 0.15) is 5.75 Å². The third-order valence-electron chi connectivity index (χ3n) is 2.56. The first-order valence-corrected chi connectivity index (χ1v) is 6.15. The number of amides is 2. The molecule has 0 bridgehead atoms. The topological polar surface area (TPSA) is 72.6 Å². The fraction of sp³-hybridized carbons (Fsp3) is 0.385. The maximum Gasteiger partial charge on any atom is 0.263 e. The van der Waals surface area contributed by atoms with Crippen LogP contribution in [0.15, 0.2) is 18.2 Å². The van der Waals surface area contributed by atoms with E-state index in [0.717, 1.165) is 5.56 Å². The molecule has 6 heteroatoms. The number of benzene rings is 1. The average Bonchev–Trinajstić information content (AvgIpc) is 2.30. The van der Waals surface area contributed by atoms with Gasteiger partial charge in [0.15, 0.2) is 6.10 Å². The van der Waals surface area contributed by atoms with Gasteiger partial charge >= 0.3 is 0 Å². The third kappa shape index (κ3) is 4.44. The maximum atomic E-state index is 11.9. The zero-order valence-corrected chi connectivity index (χ0v) is 11.9. The van der Waals surface area contributed by atoms with Crippen molar-refractivity contribution < 1.29 is 14.3 Å². The van der Waals surface area contributed by atoms with E-state index in [2.05, 4.69) is 0 Å². The van der Waals surface area contributed by atoms with Crippen LogP contribution in [0, 0.1) is 6.92 Å².